The monoisotopic (exact) mass is 400 g/mol. The molecule has 2 amide bonds. The summed E-state index contributed by atoms with van der Waals surface area (Å²) < 4.78 is 10.2. The zero-order valence-electron chi connectivity index (χ0n) is 16.0. The molecule has 0 aliphatic rings. The van der Waals surface area contributed by atoms with Gasteiger partial charge in [-0.05, 0) is 18.1 Å². The summed E-state index contributed by atoms with van der Waals surface area (Å²) in [5.41, 5.74) is 1.60. The third kappa shape index (κ3) is 7.63. The minimum atomic E-state index is -1.26. The predicted octanol–water partition coefficient (Wildman–Crippen LogP) is 1.52. The summed E-state index contributed by atoms with van der Waals surface area (Å²) in [5, 5.41) is 14.1. The lowest BCUT2D eigenvalue weighted by molar-refractivity contribution is -0.148. The van der Waals surface area contributed by atoms with Crippen molar-refractivity contribution in [3.63, 3.8) is 0 Å². The van der Waals surface area contributed by atoms with E-state index in [-0.39, 0.29) is 13.2 Å². The highest BCUT2D eigenvalue weighted by Gasteiger charge is 2.25. The molecule has 0 unspecified atom stereocenters. The standard InChI is InChI=1S/C21H24N2O6/c1-15(20(26)28-13-16-8-4-2-5-9-16)22-19(25)18(12-24)23-21(27)29-14-17-10-6-3-7-11-17/h2-11,15,18,24H,12-14H2,1H3,(H,22,25)(H,23,27)/t15-,18-/m0/s1. The van der Waals surface area contributed by atoms with E-state index in [9.17, 15) is 19.5 Å². The quantitative estimate of drug-likeness (QED) is 0.550. The van der Waals surface area contributed by atoms with Crippen LogP contribution in [-0.4, -0.2) is 41.8 Å². The second-order valence-electron chi connectivity index (χ2n) is 6.26. The van der Waals surface area contributed by atoms with Crippen LogP contribution in [0.25, 0.3) is 0 Å². The van der Waals surface area contributed by atoms with Crippen LogP contribution in [0, 0.1) is 0 Å². The molecule has 0 aliphatic carbocycles. The number of hydrogen-bond donors (Lipinski definition) is 3. The first kappa shape index (κ1) is 21.9. The Labute approximate surface area is 168 Å². The normalized spacial score (nSPS) is 12.3. The topological polar surface area (TPSA) is 114 Å². The Morgan fingerprint density at radius 3 is 1.90 bits per heavy atom. The third-order valence-corrected chi connectivity index (χ3v) is 3.94. The second kappa shape index (κ2) is 11.5. The van der Waals surface area contributed by atoms with Crippen LogP contribution in [0.1, 0.15) is 18.1 Å². The number of hydrogen-bond acceptors (Lipinski definition) is 6. The van der Waals surface area contributed by atoms with Gasteiger partial charge in [-0.15, -0.1) is 0 Å². The number of benzene rings is 2. The van der Waals surface area contributed by atoms with Crippen molar-refractivity contribution in [1.29, 1.82) is 0 Å². The fourth-order valence-corrected chi connectivity index (χ4v) is 2.33. The molecule has 0 fully saturated rings. The van der Waals surface area contributed by atoms with Crippen LogP contribution in [0.5, 0.6) is 0 Å². The van der Waals surface area contributed by atoms with Gasteiger partial charge in [0, 0.05) is 0 Å². The number of amides is 2. The Balaban J connectivity index is 1.76. The maximum Gasteiger partial charge on any atom is 0.408 e. The van der Waals surface area contributed by atoms with Crippen molar-refractivity contribution in [2.24, 2.45) is 0 Å². The molecular formula is C21H24N2O6. The maximum atomic E-state index is 12.2. The molecule has 0 saturated heterocycles. The Bertz CT molecular complexity index is 797. The van der Waals surface area contributed by atoms with Crippen molar-refractivity contribution in [3.05, 3.63) is 71.8 Å². The van der Waals surface area contributed by atoms with E-state index in [1.165, 1.54) is 6.92 Å². The molecule has 0 spiro atoms. The van der Waals surface area contributed by atoms with Gasteiger partial charge in [-0.25, -0.2) is 9.59 Å². The van der Waals surface area contributed by atoms with Gasteiger partial charge in [-0.2, -0.15) is 0 Å². The van der Waals surface area contributed by atoms with E-state index in [4.69, 9.17) is 9.47 Å². The minimum absolute atomic E-state index is 0.0225. The highest BCUT2D eigenvalue weighted by atomic mass is 16.5. The summed E-state index contributed by atoms with van der Waals surface area (Å²) in [5.74, 6) is -1.36. The molecule has 8 heteroatoms. The molecule has 2 aromatic rings. The summed E-state index contributed by atoms with van der Waals surface area (Å²) in [7, 11) is 0. The van der Waals surface area contributed by atoms with Gasteiger partial charge in [0.2, 0.25) is 5.91 Å². The zero-order chi connectivity index (χ0) is 21.1. The number of aliphatic hydroxyl groups is 1. The molecule has 0 saturated carbocycles. The van der Waals surface area contributed by atoms with E-state index in [1.807, 2.05) is 36.4 Å². The van der Waals surface area contributed by atoms with E-state index < -0.39 is 36.7 Å². The summed E-state index contributed by atoms with van der Waals surface area (Å²) in [6, 6.07) is 15.9. The van der Waals surface area contributed by atoms with Crippen LogP contribution in [0.2, 0.25) is 0 Å². The molecule has 0 bridgehead atoms. The van der Waals surface area contributed by atoms with E-state index in [0.29, 0.717) is 0 Å². The van der Waals surface area contributed by atoms with Crippen molar-refractivity contribution in [2.75, 3.05) is 6.61 Å². The van der Waals surface area contributed by atoms with Crippen LogP contribution < -0.4 is 10.6 Å². The number of rotatable bonds is 9. The highest BCUT2D eigenvalue weighted by molar-refractivity contribution is 5.89. The first-order valence-corrected chi connectivity index (χ1v) is 9.08. The van der Waals surface area contributed by atoms with Gasteiger partial charge in [0.15, 0.2) is 0 Å². The molecule has 0 heterocycles. The van der Waals surface area contributed by atoms with Gasteiger partial charge in [-0.3, -0.25) is 4.79 Å². The van der Waals surface area contributed by atoms with Gasteiger partial charge in [0.1, 0.15) is 25.3 Å². The number of alkyl carbamates (subject to hydrolysis) is 1. The number of ether oxygens (including phenoxy) is 2. The van der Waals surface area contributed by atoms with Crippen molar-refractivity contribution >= 4 is 18.0 Å². The molecule has 3 N–H and O–H groups in total. The molecule has 29 heavy (non-hydrogen) atoms. The molecule has 0 aliphatic heterocycles. The largest absolute Gasteiger partial charge is 0.459 e. The number of aliphatic hydroxyl groups excluding tert-OH is 1. The summed E-state index contributed by atoms with van der Waals surface area (Å²) >= 11 is 0. The fourth-order valence-electron chi connectivity index (χ4n) is 2.33. The number of carbonyl (C=O) groups excluding carboxylic acids is 3. The van der Waals surface area contributed by atoms with E-state index in [0.717, 1.165) is 11.1 Å². The maximum absolute atomic E-state index is 12.2. The van der Waals surface area contributed by atoms with E-state index in [1.54, 1.807) is 24.3 Å². The summed E-state index contributed by atoms with van der Waals surface area (Å²) in [4.78, 5) is 36.1. The molecule has 0 radical (unpaired) electrons. The first-order valence-electron chi connectivity index (χ1n) is 9.08. The van der Waals surface area contributed by atoms with Crippen molar-refractivity contribution in [3.8, 4) is 0 Å². The zero-order valence-corrected chi connectivity index (χ0v) is 16.0. The average molecular weight is 400 g/mol. The lowest BCUT2D eigenvalue weighted by Crippen LogP contribution is -2.52. The fraction of sp³-hybridized carbons (Fsp3) is 0.286. The van der Waals surface area contributed by atoms with Crippen LogP contribution in [0.3, 0.4) is 0 Å². The molecule has 8 nitrogen and oxygen atoms in total. The van der Waals surface area contributed by atoms with Gasteiger partial charge >= 0.3 is 12.1 Å². The molecule has 0 aromatic heterocycles. The van der Waals surface area contributed by atoms with Crippen LogP contribution in [0.4, 0.5) is 4.79 Å². The second-order valence-corrected chi connectivity index (χ2v) is 6.26. The molecule has 2 aromatic carbocycles. The first-order chi connectivity index (χ1) is 14.0. The molecule has 2 rings (SSSR count). The predicted molar refractivity (Wildman–Crippen MR) is 104 cm³/mol. The number of nitrogens with one attached hydrogen (secondary N) is 2. The Kier molecular flexibility index (Phi) is 8.65. The van der Waals surface area contributed by atoms with Crippen LogP contribution in [0.15, 0.2) is 60.7 Å². The average Bonchev–Trinajstić information content (AvgIpc) is 2.75. The van der Waals surface area contributed by atoms with E-state index >= 15 is 0 Å². The molecule has 154 valence electrons. The number of esters is 1. The van der Waals surface area contributed by atoms with Gasteiger partial charge < -0.3 is 25.2 Å². The van der Waals surface area contributed by atoms with Crippen molar-refractivity contribution < 1.29 is 29.0 Å². The third-order valence-electron chi connectivity index (χ3n) is 3.94. The highest BCUT2D eigenvalue weighted by Crippen LogP contribution is 2.03. The summed E-state index contributed by atoms with van der Waals surface area (Å²) in [6.07, 6.45) is -0.859. The lowest BCUT2D eigenvalue weighted by Gasteiger charge is -2.19. The summed E-state index contributed by atoms with van der Waals surface area (Å²) in [6.45, 7) is 0.896. The number of carbonyl (C=O) groups is 3. The van der Waals surface area contributed by atoms with Gasteiger partial charge in [0.25, 0.3) is 0 Å². The Morgan fingerprint density at radius 2 is 1.38 bits per heavy atom. The molecule has 2 atom stereocenters. The van der Waals surface area contributed by atoms with Crippen molar-refractivity contribution in [2.45, 2.75) is 32.2 Å². The van der Waals surface area contributed by atoms with Gasteiger partial charge in [-0.1, -0.05) is 60.7 Å². The Hall–Kier alpha value is -3.39. The lowest BCUT2D eigenvalue weighted by atomic mass is 10.2. The Morgan fingerprint density at radius 1 is 0.862 bits per heavy atom. The van der Waals surface area contributed by atoms with Crippen LogP contribution in [-0.2, 0) is 32.3 Å². The minimum Gasteiger partial charge on any atom is -0.459 e. The smallest absolute Gasteiger partial charge is 0.408 e. The van der Waals surface area contributed by atoms with Crippen molar-refractivity contribution in [1.82, 2.24) is 10.6 Å². The SMILES string of the molecule is C[C@H](NC(=O)[C@H](CO)NC(=O)OCc1ccccc1)C(=O)OCc1ccccc1. The van der Waals surface area contributed by atoms with E-state index in [2.05, 4.69) is 10.6 Å². The van der Waals surface area contributed by atoms with Gasteiger partial charge in [0.05, 0.1) is 6.61 Å². The van der Waals surface area contributed by atoms with Crippen LogP contribution >= 0.6 is 0 Å². The molecular weight excluding hydrogens is 376 g/mol.